The van der Waals surface area contributed by atoms with Crippen LogP contribution in [0.25, 0.3) is 21.3 Å². The number of hydrogen-bond acceptors (Lipinski definition) is 5. The van der Waals surface area contributed by atoms with E-state index in [2.05, 4.69) is 32.6 Å². The number of aromatic amines is 1. The normalized spacial score (nSPS) is 10.9. The van der Waals surface area contributed by atoms with Crippen LogP contribution in [0.15, 0.2) is 30.6 Å². The van der Waals surface area contributed by atoms with E-state index in [0.717, 1.165) is 33.0 Å². The van der Waals surface area contributed by atoms with Gasteiger partial charge in [0.05, 0.1) is 16.6 Å². The van der Waals surface area contributed by atoms with Crippen LogP contribution in [0.2, 0.25) is 0 Å². The average Bonchev–Trinajstić information content (AvgIpc) is 3.04. The molecule has 0 aliphatic rings. The van der Waals surface area contributed by atoms with E-state index in [1.807, 2.05) is 18.5 Å². The summed E-state index contributed by atoms with van der Waals surface area (Å²) in [5, 5.41) is 12.2. The van der Waals surface area contributed by atoms with Crippen molar-refractivity contribution >= 4 is 27.4 Å². The van der Waals surface area contributed by atoms with Gasteiger partial charge in [0.2, 0.25) is 0 Å². The summed E-state index contributed by atoms with van der Waals surface area (Å²) in [7, 11) is 0. The summed E-state index contributed by atoms with van der Waals surface area (Å²) >= 11 is 1.63. The third kappa shape index (κ3) is 2.07. The van der Waals surface area contributed by atoms with E-state index < -0.39 is 0 Å². The highest BCUT2D eigenvalue weighted by atomic mass is 32.1. The van der Waals surface area contributed by atoms with E-state index in [9.17, 15) is 0 Å². The second-order valence-electron chi connectivity index (χ2n) is 3.92. The van der Waals surface area contributed by atoms with Crippen LogP contribution in [0.3, 0.4) is 0 Å². The molecule has 0 aliphatic heterocycles. The van der Waals surface area contributed by atoms with Gasteiger partial charge in [0.15, 0.2) is 5.13 Å². The monoisotopic (exact) mass is 259 g/mol. The number of benzene rings is 1. The van der Waals surface area contributed by atoms with Gasteiger partial charge in [-0.25, -0.2) is 4.98 Å². The maximum Gasteiger partial charge on any atom is 0.183 e. The summed E-state index contributed by atoms with van der Waals surface area (Å²) < 4.78 is 0. The summed E-state index contributed by atoms with van der Waals surface area (Å²) in [5.41, 5.74) is 7.65. The van der Waals surface area contributed by atoms with Crippen molar-refractivity contribution in [3.63, 3.8) is 0 Å². The topological polar surface area (TPSA) is 79.6 Å². The molecule has 0 spiro atoms. The predicted octanol–water partition coefficient (Wildman–Crippen LogP) is 2.06. The van der Waals surface area contributed by atoms with Crippen molar-refractivity contribution in [1.82, 2.24) is 15.2 Å². The van der Waals surface area contributed by atoms with Gasteiger partial charge in [-0.2, -0.15) is 5.10 Å². The Balaban J connectivity index is 1.90. The van der Waals surface area contributed by atoms with Crippen LogP contribution in [0.4, 0.5) is 5.13 Å². The molecule has 92 valence electrons. The lowest BCUT2D eigenvalue weighted by Crippen LogP contribution is -2.12. The fraction of sp³-hybridized carbons (Fsp3) is 0.167. The number of H-pyrrole nitrogens is 1. The standard InChI is InChI=1S/C12H13N5S/c13-3-4-14-12-15-7-11(18-12)8-1-2-10-9(5-8)6-16-17-10/h1-2,5-7H,3-4,13H2,(H,14,15)(H,16,17). The first-order valence-corrected chi connectivity index (χ1v) is 6.52. The van der Waals surface area contributed by atoms with Crippen LogP contribution in [0.5, 0.6) is 0 Å². The van der Waals surface area contributed by atoms with E-state index in [0.29, 0.717) is 6.54 Å². The third-order valence-electron chi connectivity index (χ3n) is 2.65. The summed E-state index contributed by atoms with van der Waals surface area (Å²) in [5.74, 6) is 0. The molecule has 0 unspecified atom stereocenters. The fourth-order valence-corrected chi connectivity index (χ4v) is 2.60. The molecule has 0 atom stereocenters. The lowest BCUT2D eigenvalue weighted by atomic mass is 10.1. The zero-order chi connectivity index (χ0) is 12.4. The van der Waals surface area contributed by atoms with Crippen LogP contribution in [0, 0.1) is 0 Å². The first kappa shape index (κ1) is 11.2. The van der Waals surface area contributed by atoms with Crippen molar-refractivity contribution < 1.29 is 0 Å². The van der Waals surface area contributed by atoms with Crippen LogP contribution >= 0.6 is 11.3 Å². The number of fused-ring (bicyclic) bond motifs is 1. The van der Waals surface area contributed by atoms with E-state index in [4.69, 9.17) is 5.73 Å². The Kier molecular flexibility index (Phi) is 2.95. The number of nitrogens with zero attached hydrogens (tertiary/aromatic N) is 2. The van der Waals surface area contributed by atoms with Crippen LogP contribution in [-0.2, 0) is 0 Å². The van der Waals surface area contributed by atoms with Gasteiger partial charge >= 0.3 is 0 Å². The molecule has 5 nitrogen and oxygen atoms in total. The number of nitrogens with two attached hydrogens (primary N) is 1. The Morgan fingerprint density at radius 2 is 2.28 bits per heavy atom. The van der Waals surface area contributed by atoms with Gasteiger partial charge in [-0.05, 0) is 17.7 Å². The van der Waals surface area contributed by atoms with Gasteiger partial charge in [-0.15, -0.1) is 0 Å². The van der Waals surface area contributed by atoms with Crippen molar-refractivity contribution in [2.45, 2.75) is 0 Å². The smallest absolute Gasteiger partial charge is 0.183 e. The van der Waals surface area contributed by atoms with Crippen LogP contribution in [-0.4, -0.2) is 28.3 Å². The Labute approximate surface area is 108 Å². The highest BCUT2D eigenvalue weighted by Gasteiger charge is 2.05. The van der Waals surface area contributed by atoms with Gasteiger partial charge in [-0.3, -0.25) is 5.10 Å². The Morgan fingerprint density at radius 3 is 3.17 bits per heavy atom. The average molecular weight is 259 g/mol. The molecule has 3 rings (SSSR count). The minimum Gasteiger partial charge on any atom is -0.360 e. The summed E-state index contributed by atoms with van der Waals surface area (Å²) in [4.78, 5) is 5.46. The number of anilines is 1. The highest BCUT2D eigenvalue weighted by Crippen LogP contribution is 2.30. The Bertz CT molecular complexity index is 657. The van der Waals surface area contributed by atoms with Gasteiger partial charge in [0.1, 0.15) is 0 Å². The van der Waals surface area contributed by atoms with E-state index >= 15 is 0 Å². The van der Waals surface area contributed by atoms with Crippen molar-refractivity contribution in [3.05, 3.63) is 30.6 Å². The zero-order valence-electron chi connectivity index (χ0n) is 9.68. The number of rotatable bonds is 4. The number of nitrogens with one attached hydrogen (secondary N) is 2. The fourth-order valence-electron chi connectivity index (χ4n) is 1.76. The molecule has 0 amide bonds. The predicted molar refractivity (Wildman–Crippen MR) is 74.7 cm³/mol. The van der Waals surface area contributed by atoms with E-state index in [-0.39, 0.29) is 0 Å². The van der Waals surface area contributed by atoms with Crippen molar-refractivity contribution in [2.24, 2.45) is 5.73 Å². The van der Waals surface area contributed by atoms with Crippen LogP contribution < -0.4 is 11.1 Å². The molecule has 0 radical (unpaired) electrons. The quantitative estimate of drug-likeness (QED) is 0.670. The third-order valence-corrected chi connectivity index (χ3v) is 3.66. The molecule has 3 aromatic rings. The Morgan fingerprint density at radius 1 is 1.33 bits per heavy atom. The summed E-state index contributed by atoms with van der Waals surface area (Å²) in [6.45, 7) is 1.35. The van der Waals surface area contributed by atoms with Gasteiger partial charge in [0.25, 0.3) is 0 Å². The van der Waals surface area contributed by atoms with Crippen molar-refractivity contribution in [3.8, 4) is 10.4 Å². The summed E-state index contributed by atoms with van der Waals surface area (Å²) in [6.07, 6.45) is 3.71. The first-order valence-electron chi connectivity index (χ1n) is 5.70. The maximum absolute atomic E-state index is 5.45. The highest BCUT2D eigenvalue weighted by molar-refractivity contribution is 7.18. The molecule has 2 aromatic heterocycles. The lowest BCUT2D eigenvalue weighted by molar-refractivity contribution is 1.02. The van der Waals surface area contributed by atoms with E-state index in [1.54, 1.807) is 11.3 Å². The molecule has 0 bridgehead atoms. The molecule has 1 aromatic carbocycles. The number of aromatic nitrogens is 3. The van der Waals surface area contributed by atoms with Gasteiger partial charge in [0, 0.05) is 24.7 Å². The molecule has 0 saturated carbocycles. The van der Waals surface area contributed by atoms with Crippen LogP contribution in [0.1, 0.15) is 0 Å². The van der Waals surface area contributed by atoms with E-state index in [1.165, 1.54) is 0 Å². The molecule has 6 heteroatoms. The minimum absolute atomic E-state index is 0.607. The number of hydrogen-bond donors (Lipinski definition) is 3. The molecule has 2 heterocycles. The SMILES string of the molecule is NCCNc1ncc(-c2ccc3[nH]ncc3c2)s1. The molecular formula is C12H13N5S. The maximum atomic E-state index is 5.45. The number of thiazole rings is 1. The summed E-state index contributed by atoms with van der Waals surface area (Å²) in [6, 6.07) is 6.21. The molecule has 0 fully saturated rings. The minimum atomic E-state index is 0.607. The molecule has 0 saturated heterocycles. The van der Waals surface area contributed by atoms with Gasteiger partial charge in [-0.1, -0.05) is 17.4 Å². The molecule has 0 aliphatic carbocycles. The molecule has 18 heavy (non-hydrogen) atoms. The van der Waals surface area contributed by atoms with Crippen molar-refractivity contribution in [2.75, 3.05) is 18.4 Å². The van der Waals surface area contributed by atoms with Gasteiger partial charge < -0.3 is 11.1 Å². The Hall–Kier alpha value is -1.92. The first-order chi connectivity index (χ1) is 8.86. The molecule has 4 N–H and O–H groups in total. The largest absolute Gasteiger partial charge is 0.360 e. The second-order valence-corrected chi connectivity index (χ2v) is 4.95. The molecular weight excluding hydrogens is 246 g/mol. The zero-order valence-corrected chi connectivity index (χ0v) is 10.5. The van der Waals surface area contributed by atoms with Crippen molar-refractivity contribution in [1.29, 1.82) is 0 Å². The second kappa shape index (κ2) is 4.75. The lowest BCUT2D eigenvalue weighted by Gasteiger charge is -1.98.